The van der Waals surface area contributed by atoms with Gasteiger partial charge in [0.15, 0.2) is 0 Å². The van der Waals surface area contributed by atoms with Crippen molar-refractivity contribution in [2.45, 2.75) is 6.54 Å². The minimum Gasteiger partial charge on any atom is -0.496 e. The quantitative estimate of drug-likeness (QED) is 0.276. The third-order valence-electron chi connectivity index (χ3n) is 6.56. The number of aromatic nitrogens is 2. The summed E-state index contributed by atoms with van der Waals surface area (Å²) in [5.74, 6) is 1.22. The summed E-state index contributed by atoms with van der Waals surface area (Å²) in [6, 6.07) is 16.4. The van der Waals surface area contributed by atoms with Crippen LogP contribution in [0.25, 0.3) is 22.0 Å². The Bertz CT molecular complexity index is 1440. The minimum absolute atomic E-state index is 0.263. The number of carbonyl (C=O) groups is 1. The topological polar surface area (TPSA) is 74.7 Å². The lowest BCUT2D eigenvalue weighted by molar-refractivity contribution is -0.111. The summed E-state index contributed by atoms with van der Waals surface area (Å²) in [5, 5.41) is 7.59. The number of aryl methyl sites for hydroxylation is 1. The summed E-state index contributed by atoms with van der Waals surface area (Å²) in [4.78, 5) is 21.0. The van der Waals surface area contributed by atoms with E-state index in [0.29, 0.717) is 12.2 Å². The molecular formula is C30H36N6O2. The molecule has 0 fully saturated rings. The van der Waals surface area contributed by atoms with Gasteiger partial charge in [0.2, 0.25) is 5.91 Å². The molecule has 0 atom stereocenters. The van der Waals surface area contributed by atoms with Gasteiger partial charge in [0.05, 0.1) is 18.5 Å². The number of pyridine rings is 1. The fourth-order valence-electron chi connectivity index (χ4n) is 4.46. The van der Waals surface area contributed by atoms with Crippen molar-refractivity contribution in [3.63, 3.8) is 0 Å². The zero-order chi connectivity index (χ0) is 27.2. The molecule has 0 aliphatic heterocycles. The molecule has 0 spiro atoms. The van der Waals surface area contributed by atoms with E-state index < -0.39 is 0 Å². The van der Waals surface area contributed by atoms with Gasteiger partial charge in [-0.15, -0.1) is 0 Å². The van der Waals surface area contributed by atoms with Crippen LogP contribution in [0.4, 0.5) is 17.2 Å². The van der Waals surface area contributed by atoms with Crippen LogP contribution in [-0.2, 0) is 18.4 Å². The fourth-order valence-corrected chi connectivity index (χ4v) is 4.46. The van der Waals surface area contributed by atoms with Gasteiger partial charge in [-0.1, -0.05) is 24.8 Å². The predicted octanol–water partition coefficient (Wildman–Crippen LogP) is 4.98. The molecule has 2 aromatic carbocycles. The predicted molar refractivity (Wildman–Crippen MR) is 157 cm³/mol. The first-order valence-electron chi connectivity index (χ1n) is 12.5. The second kappa shape index (κ2) is 11.8. The van der Waals surface area contributed by atoms with Crippen LogP contribution in [0.3, 0.4) is 0 Å². The minimum atomic E-state index is -0.263. The molecule has 0 bridgehead atoms. The molecule has 0 aliphatic carbocycles. The first-order chi connectivity index (χ1) is 18.3. The van der Waals surface area contributed by atoms with Crippen LogP contribution in [0.15, 0.2) is 73.6 Å². The van der Waals surface area contributed by atoms with Crippen molar-refractivity contribution in [2.75, 3.05) is 56.9 Å². The maximum Gasteiger partial charge on any atom is 0.247 e. The maximum atomic E-state index is 12.2. The Kier molecular flexibility index (Phi) is 8.33. The number of likely N-dealkylation sites (N-methyl/N-ethyl adjacent to an activating group) is 2. The Morgan fingerprint density at radius 3 is 2.66 bits per heavy atom. The number of fused-ring (bicyclic) bond motifs is 1. The van der Waals surface area contributed by atoms with E-state index in [1.165, 1.54) is 17.0 Å². The molecule has 0 aliphatic rings. The van der Waals surface area contributed by atoms with Crippen molar-refractivity contribution < 1.29 is 9.53 Å². The Hall–Kier alpha value is -4.30. The number of para-hydroxylation sites is 1. The highest BCUT2D eigenvalue weighted by Gasteiger charge is 2.16. The number of hydrogen-bond donors (Lipinski definition) is 2. The van der Waals surface area contributed by atoms with Crippen molar-refractivity contribution >= 4 is 34.0 Å². The molecule has 2 aromatic heterocycles. The number of nitrogens with zero attached hydrogens (tertiary/aromatic N) is 4. The molecule has 0 saturated heterocycles. The number of rotatable bonds is 11. The highest BCUT2D eigenvalue weighted by atomic mass is 16.5. The number of hydrogen-bond acceptors (Lipinski definition) is 6. The van der Waals surface area contributed by atoms with E-state index in [2.05, 4.69) is 80.1 Å². The standard InChI is InChI=1S/C30H36N6O2/c1-7-30(37)33-25-16-22(28(38-6)18-27(25)35(4)15-14-34(2)3)19-32-29-17-21(12-13-31-29)24-20-36(5)26-11-9-8-10-23(24)26/h7-13,16-18,20H,1,14-15,19H2,2-6H3,(H,31,32)(H,33,37). The number of amides is 1. The van der Waals surface area contributed by atoms with Gasteiger partial charge in [0, 0.05) is 74.2 Å². The largest absolute Gasteiger partial charge is 0.496 e. The lowest BCUT2D eigenvalue weighted by Crippen LogP contribution is -2.29. The van der Waals surface area contributed by atoms with E-state index in [0.717, 1.165) is 47.0 Å². The van der Waals surface area contributed by atoms with Crippen molar-refractivity contribution in [1.82, 2.24) is 14.5 Å². The highest BCUT2D eigenvalue weighted by molar-refractivity contribution is 6.01. The third-order valence-corrected chi connectivity index (χ3v) is 6.56. The molecule has 1 amide bonds. The average molecular weight is 513 g/mol. The Morgan fingerprint density at radius 2 is 1.92 bits per heavy atom. The van der Waals surface area contributed by atoms with Crippen molar-refractivity contribution in [3.05, 3.63) is 79.1 Å². The summed E-state index contributed by atoms with van der Waals surface area (Å²) in [7, 11) is 9.79. The molecule has 2 N–H and O–H groups in total. The van der Waals surface area contributed by atoms with E-state index in [-0.39, 0.29) is 5.91 Å². The first kappa shape index (κ1) is 26.8. The molecule has 198 valence electrons. The third kappa shape index (κ3) is 5.98. The average Bonchev–Trinajstić information content (AvgIpc) is 3.27. The SMILES string of the molecule is C=CC(=O)Nc1cc(CNc2cc(-c3cn(C)c4ccccc34)ccn2)c(OC)cc1N(C)CCN(C)C. The number of nitrogens with one attached hydrogen (secondary N) is 2. The second-order valence-electron chi connectivity index (χ2n) is 9.55. The van der Waals surface area contributed by atoms with E-state index in [1.807, 2.05) is 45.5 Å². The molecule has 0 saturated carbocycles. The number of anilines is 3. The number of ether oxygens (including phenoxy) is 1. The van der Waals surface area contributed by atoms with E-state index >= 15 is 0 Å². The Labute approximate surface area is 224 Å². The van der Waals surface area contributed by atoms with Crippen LogP contribution in [0.2, 0.25) is 0 Å². The van der Waals surface area contributed by atoms with Gasteiger partial charge in [-0.2, -0.15) is 0 Å². The molecule has 4 aromatic rings. The lowest BCUT2D eigenvalue weighted by atomic mass is 10.1. The van der Waals surface area contributed by atoms with Gasteiger partial charge >= 0.3 is 0 Å². The zero-order valence-corrected chi connectivity index (χ0v) is 22.8. The van der Waals surface area contributed by atoms with Crippen LogP contribution >= 0.6 is 0 Å². The van der Waals surface area contributed by atoms with E-state index in [9.17, 15) is 4.79 Å². The maximum absolute atomic E-state index is 12.2. The number of methoxy groups -OCH3 is 1. The summed E-state index contributed by atoms with van der Waals surface area (Å²) in [5.41, 5.74) is 5.90. The van der Waals surface area contributed by atoms with Gasteiger partial charge in [-0.3, -0.25) is 4.79 Å². The van der Waals surface area contributed by atoms with Crippen LogP contribution in [0, 0.1) is 0 Å². The van der Waals surface area contributed by atoms with E-state index in [4.69, 9.17) is 4.74 Å². The first-order valence-corrected chi connectivity index (χ1v) is 12.5. The van der Waals surface area contributed by atoms with Crippen LogP contribution < -0.4 is 20.3 Å². The highest BCUT2D eigenvalue weighted by Crippen LogP contribution is 2.35. The molecule has 8 nitrogen and oxygen atoms in total. The summed E-state index contributed by atoms with van der Waals surface area (Å²) >= 11 is 0. The molecule has 0 unspecified atom stereocenters. The Balaban J connectivity index is 1.61. The smallest absolute Gasteiger partial charge is 0.247 e. The Morgan fingerprint density at radius 1 is 1.13 bits per heavy atom. The van der Waals surface area contributed by atoms with Crippen LogP contribution in [-0.4, -0.2) is 61.7 Å². The molecule has 4 rings (SSSR count). The van der Waals surface area contributed by atoms with Crippen molar-refractivity contribution in [3.8, 4) is 16.9 Å². The van der Waals surface area contributed by atoms with E-state index in [1.54, 1.807) is 7.11 Å². The van der Waals surface area contributed by atoms with Gasteiger partial charge in [0.25, 0.3) is 0 Å². The zero-order valence-electron chi connectivity index (χ0n) is 22.8. The molecule has 0 radical (unpaired) electrons. The van der Waals surface area contributed by atoms with Crippen LogP contribution in [0.1, 0.15) is 5.56 Å². The number of benzene rings is 2. The molecule has 2 heterocycles. The van der Waals surface area contributed by atoms with Crippen LogP contribution in [0.5, 0.6) is 5.75 Å². The summed E-state index contributed by atoms with van der Waals surface area (Å²) < 4.78 is 7.89. The van der Waals surface area contributed by atoms with Gasteiger partial charge in [0.1, 0.15) is 11.6 Å². The summed E-state index contributed by atoms with van der Waals surface area (Å²) in [6.07, 6.45) is 5.23. The van der Waals surface area contributed by atoms with Gasteiger partial charge < -0.3 is 29.7 Å². The normalized spacial score (nSPS) is 11.0. The monoisotopic (exact) mass is 512 g/mol. The van der Waals surface area contributed by atoms with Gasteiger partial charge in [-0.05, 0) is 50.0 Å². The van der Waals surface area contributed by atoms with Crippen molar-refractivity contribution in [2.24, 2.45) is 7.05 Å². The summed E-state index contributed by atoms with van der Waals surface area (Å²) in [6.45, 7) is 5.72. The second-order valence-corrected chi connectivity index (χ2v) is 9.55. The molecule has 38 heavy (non-hydrogen) atoms. The van der Waals surface area contributed by atoms with Gasteiger partial charge in [-0.25, -0.2) is 4.98 Å². The molecule has 8 heteroatoms. The number of carbonyl (C=O) groups excluding carboxylic acids is 1. The van der Waals surface area contributed by atoms with Crippen molar-refractivity contribution in [1.29, 1.82) is 0 Å². The fraction of sp³-hybridized carbons (Fsp3) is 0.267. The lowest BCUT2D eigenvalue weighted by Gasteiger charge is -2.26. The molecular weight excluding hydrogens is 476 g/mol.